The number of hydrogen-bond acceptors (Lipinski definition) is 3. The van der Waals surface area contributed by atoms with E-state index in [-0.39, 0.29) is 36.5 Å². The lowest BCUT2D eigenvalue weighted by atomic mass is 9.89. The monoisotopic (exact) mass is 359 g/mol. The molecule has 1 aliphatic rings. The van der Waals surface area contributed by atoms with Crippen molar-refractivity contribution in [3.63, 3.8) is 0 Å². The van der Waals surface area contributed by atoms with E-state index in [2.05, 4.69) is 28.8 Å². The smallest absolute Gasteiger partial charge is 0.234 e. The molecule has 0 saturated carbocycles. The number of aryl methyl sites for hydroxylation is 2. The molecule has 2 rings (SSSR count). The van der Waals surface area contributed by atoms with Crippen LogP contribution in [0.2, 0.25) is 0 Å². The fourth-order valence-electron chi connectivity index (χ4n) is 3.40. The summed E-state index contributed by atoms with van der Waals surface area (Å²) in [4.78, 5) is 26.0. The van der Waals surface area contributed by atoms with Gasteiger partial charge in [0.05, 0.1) is 19.1 Å². The Bertz CT molecular complexity index is 649. The third-order valence-corrected chi connectivity index (χ3v) is 4.59. The number of carbonyl (C=O) groups is 2. The summed E-state index contributed by atoms with van der Waals surface area (Å²) in [6, 6.07) is 6.52. The van der Waals surface area contributed by atoms with Crippen LogP contribution in [0, 0.1) is 0 Å². The number of fused-ring (bicyclic) bond motifs is 1. The van der Waals surface area contributed by atoms with E-state index in [0.29, 0.717) is 0 Å². The highest BCUT2D eigenvalue weighted by atomic mass is 16.2. The van der Waals surface area contributed by atoms with Gasteiger partial charge in [0.1, 0.15) is 0 Å². The van der Waals surface area contributed by atoms with Crippen molar-refractivity contribution >= 4 is 11.8 Å². The zero-order chi connectivity index (χ0) is 19.3. The van der Waals surface area contributed by atoms with Crippen LogP contribution in [0.3, 0.4) is 0 Å². The summed E-state index contributed by atoms with van der Waals surface area (Å²) in [5, 5.41) is 5.95. The minimum absolute atomic E-state index is 0.0356. The van der Waals surface area contributed by atoms with E-state index in [1.165, 1.54) is 24.0 Å². The minimum atomic E-state index is -0.263. The summed E-state index contributed by atoms with van der Waals surface area (Å²) in [7, 11) is 1.78. The predicted molar refractivity (Wildman–Crippen MR) is 105 cm³/mol. The molecule has 0 heterocycles. The summed E-state index contributed by atoms with van der Waals surface area (Å²) in [6.45, 7) is 8.24. The van der Waals surface area contributed by atoms with Crippen LogP contribution in [0.25, 0.3) is 0 Å². The fraction of sp³-hybridized carbons (Fsp3) is 0.619. The lowest BCUT2D eigenvalue weighted by Crippen LogP contribution is -2.47. The Morgan fingerprint density at radius 3 is 2.35 bits per heavy atom. The average molecular weight is 360 g/mol. The molecule has 0 unspecified atom stereocenters. The molecule has 1 aliphatic carbocycles. The summed E-state index contributed by atoms with van der Waals surface area (Å²) in [5.41, 5.74) is 3.75. The molecule has 0 spiro atoms. The van der Waals surface area contributed by atoms with Crippen molar-refractivity contribution in [1.82, 2.24) is 15.5 Å². The predicted octanol–water partition coefficient (Wildman–Crippen LogP) is 2.59. The molecule has 2 amide bonds. The zero-order valence-electron chi connectivity index (χ0n) is 16.8. The second kappa shape index (κ2) is 8.67. The molecule has 1 aromatic rings. The summed E-state index contributed by atoms with van der Waals surface area (Å²) < 4.78 is 0. The number of hydrogen-bond donors (Lipinski definition) is 2. The standard InChI is InChI=1S/C21H33N3O2/c1-15(17-11-10-16-8-6-7-9-18(16)12-17)22-19(25)13-24(5)14-20(26)23-21(2,3)4/h10-12,15H,6-9,13-14H2,1-5H3,(H,22,25)(H,23,26)/t15-/m1/s1. The molecule has 0 radical (unpaired) electrons. The maximum Gasteiger partial charge on any atom is 0.234 e. The Morgan fingerprint density at radius 2 is 1.69 bits per heavy atom. The number of amides is 2. The fourth-order valence-corrected chi connectivity index (χ4v) is 3.40. The Kier molecular flexibility index (Phi) is 6.81. The lowest BCUT2D eigenvalue weighted by molar-refractivity contribution is -0.125. The summed E-state index contributed by atoms with van der Waals surface area (Å²) in [6.07, 6.45) is 4.82. The first-order valence-corrected chi connectivity index (χ1v) is 9.54. The normalized spacial score (nSPS) is 15.3. The third kappa shape index (κ3) is 6.45. The number of nitrogens with one attached hydrogen (secondary N) is 2. The van der Waals surface area contributed by atoms with Gasteiger partial charge in [-0.15, -0.1) is 0 Å². The van der Waals surface area contributed by atoms with Crippen LogP contribution < -0.4 is 10.6 Å². The van der Waals surface area contributed by atoms with E-state index in [4.69, 9.17) is 0 Å². The van der Waals surface area contributed by atoms with Gasteiger partial charge < -0.3 is 10.6 Å². The molecule has 0 fully saturated rings. The molecule has 1 atom stereocenters. The molecule has 5 heteroatoms. The molecule has 26 heavy (non-hydrogen) atoms. The molecule has 0 bridgehead atoms. The maximum atomic E-state index is 12.3. The van der Waals surface area contributed by atoms with E-state index in [1.54, 1.807) is 11.9 Å². The van der Waals surface area contributed by atoms with Crippen LogP contribution in [-0.2, 0) is 22.4 Å². The van der Waals surface area contributed by atoms with Crippen molar-refractivity contribution in [3.05, 3.63) is 34.9 Å². The number of likely N-dealkylation sites (N-methyl/N-ethyl adjacent to an activating group) is 1. The number of benzene rings is 1. The highest BCUT2D eigenvalue weighted by molar-refractivity contribution is 5.81. The molecule has 5 nitrogen and oxygen atoms in total. The third-order valence-electron chi connectivity index (χ3n) is 4.59. The van der Waals surface area contributed by atoms with E-state index in [1.807, 2.05) is 27.7 Å². The van der Waals surface area contributed by atoms with E-state index in [9.17, 15) is 9.59 Å². The topological polar surface area (TPSA) is 61.4 Å². The van der Waals surface area contributed by atoms with Crippen LogP contribution in [0.4, 0.5) is 0 Å². The molecule has 0 aliphatic heterocycles. The van der Waals surface area contributed by atoms with E-state index < -0.39 is 0 Å². The number of rotatable bonds is 6. The largest absolute Gasteiger partial charge is 0.350 e. The first kappa shape index (κ1) is 20.4. The van der Waals surface area contributed by atoms with Gasteiger partial charge in [-0.25, -0.2) is 0 Å². The van der Waals surface area contributed by atoms with Gasteiger partial charge in [0, 0.05) is 5.54 Å². The average Bonchev–Trinajstić information content (AvgIpc) is 2.51. The van der Waals surface area contributed by atoms with E-state index >= 15 is 0 Å². The highest BCUT2D eigenvalue weighted by Crippen LogP contribution is 2.24. The van der Waals surface area contributed by atoms with Gasteiger partial charge in [0.15, 0.2) is 0 Å². The van der Waals surface area contributed by atoms with Crippen LogP contribution in [0.1, 0.15) is 63.3 Å². The second-order valence-electron chi connectivity index (χ2n) is 8.49. The number of carbonyl (C=O) groups excluding carboxylic acids is 2. The van der Waals surface area contributed by atoms with Gasteiger partial charge in [-0.2, -0.15) is 0 Å². The lowest BCUT2D eigenvalue weighted by Gasteiger charge is -2.24. The van der Waals surface area contributed by atoms with Crippen molar-refractivity contribution < 1.29 is 9.59 Å². The maximum absolute atomic E-state index is 12.3. The first-order chi connectivity index (χ1) is 12.1. The molecule has 0 saturated heterocycles. The van der Waals surface area contributed by atoms with E-state index in [0.717, 1.165) is 18.4 Å². The van der Waals surface area contributed by atoms with Crippen LogP contribution in [-0.4, -0.2) is 42.4 Å². The van der Waals surface area contributed by atoms with Crippen molar-refractivity contribution in [2.24, 2.45) is 0 Å². The van der Waals surface area contributed by atoms with Crippen molar-refractivity contribution in [2.45, 2.75) is 65.0 Å². The number of nitrogens with zero attached hydrogens (tertiary/aromatic N) is 1. The Balaban J connectivity index is 1.84. The molecule has 2 N–H and O–H groups in total. The van der Waals surface area contributed by atoms with Gasteiger partial charge in [0.2, 0.25) is 11.8 Å². The van der Waals surface area contributed by atoms with Gasteiger partial charge in [-0.1, -0.05) is 18.2 Å². The quantitative estimate of drug-likeness (QED) is 0.821. The summed E-state index contributed by atoms with van der Waals surface area (Å²) in [5.74, 6) is -0.142. The highest BCUT2D eigenvalue weighted by Gasteiger charge is 2.18. The SMILES string of the molecule is C[C@@H](NC(=O)CN(C)CC(=O)NC(C)(C)C)c1ccc2c(c1)CCCC2. The van der Waals surface area contributed by atoms with Crippen LogP contribution in [0.15, 0.2) is 18.2 Å². The summed E-state index contributed by atoms with van der Waals surface area (Å²) >= 11 is 0. The van der Waals surface area contributed by atoms with Crippen molar-refractivity contribution in [3.8, 4) is 0 Å². The minimum Gasteiger partial charge on any atom is -0.350 e. The van der Waals surface area contributed by atoms with Gasteiger partial charge in [0.25, 0.3) is 0 Å². The Labute approximate surface area is 157 Å². The van der Waals surface area contributed by atoms with Gasteiger partial charge >= 0.3 is 0 Å². The first-order valence-electron chi connectivity index (χ1n) is 9.54. The molecule has 1 aromatic carbocycles. The molecule has 0 aromatic heterocycles. The molecular formula is C21H33N3O2. The van der Waals surface area contributed by atoms with Crippen molar-refractivity contribution in [1.29, 1.82) is 0 Å². The van der Waals surface area contributed by atoms with Crippen LogP contribution >= 0.6 is 0 Å². The Morgan fingerprint density at radius 1 is 1.08 bits per heavy atom. The van der Waals surface area contributed by atoms with Gasteiger partial charge in [-0.3, -0.25) is 14.5 Å². The van der Waals surface area contributed by atoms with Crippen molar-refractivity contribution in [2.75, 3.05) is 20.1 Å². The zero-order valence-corrected chi connectivity index (χ0v) is 16.8. The van der Waals surface area contributed by atoms with Crippen LogP contribution in [0.5, 0.6) is 0 Å². The van der Waals surface area contributed by atoms with Gasteiger partial charge in [-0.05, 0) is 77.1 Å². The molecule has 144 valence electrons. The Hall–Kier alpha value is -1.88. The second-order valence-corrected chi connectivity index (χ2v) is 8.49. The molecular weight excluding hydrogens is 326 g/mol.